The molecule has 2 heterocycles. The topological polar surface area (TPSA) is 82.1 Å². The standard InChI is InChI=1S/C16H20BrNO6S/c1-22-15(19)12-10-11(5-6-13(12)17)25(20,21)18-7-3-2-4-14(18)16-23-8-9-24-16/h5-6,10,14,16H,2-4,7-9H2,1H3. The summed E-state index contributed by atoms with van der Waals surface area (Å²) >= 11 is 3.25. The molecule has 1 unspecified atom stereocenters. The lowest BCUT2D eigenvalue weighted by Crippen LogP contribution is -2.50. The highest BCUT2D eigenvalue weighted by atomic mass is 79.9. The van der Waals surface area contributed by atoms with Crippen LogP contribution in [0.2, 0.25) is 0 Å². The van der Waals surface area contributed by atoms with E-state index in [9.17, 15) is 13.2 Å². The summed E-state index contributed by atoms with van der Waals surface area (Å²) in [4.78, 5) is 11.9. The first-order valence-corrected chi connectivity index (χ1v) is 10.3. The van der Waals surface area contributed by atoms with Gasteiger partial charge in [0.1, 0.15) is 0 Å². The van der Waals surface area contributed by atoms with Crippen LogP contribution in [-0.2, 0) is 24.2 Å². The molecule has 0 amide bonds. The molecule has 1 atom stereocenters. The molecule has 0 bridgehead atoms. The van der Waals surface area contributed by atoms with Crippen LogP contribution in [0.3, 0.4) is 0 Å². The third-order valence-electron chi connectivity index (χ3n) is 4.41. The van der Waals surface area contributed by atoms with Crippen molar-refractivity contribution in [2.24, 2.45) is 0 Å². The summed E-state index contributed by atoms with van der Waals surface area (Å²) in [6.45, 7) is 1.35. The molecule has 0 N–H and O–H groups in total. The Bertz CT molecular complexity index is 747. The molecule has 1 aromatic rings. The van der Waals surface area contributed by atoms with Gasteiger partial charge in [-0.05, 0) is 47.0 Å². The molecular formula is C16H20BrNO6S. The maximum absolute atomic E-state index is 13.2. The number of carbonyl (C=O) groups excluding carboxylic acids is 1. The number of sulfonamides is 1. The van der Waals surface area contributed by atoms with Gasteiger partial charge in [-0.15, -0.1) is 0 Å². The lowest BCUT2D eigenvalue weighted by Gasteiger charge is -2.36. The number of hydrogen-bond acceptors (Lipinski definition) is 6. The molecular weight excluding hydrogens is 414 g/mol. The number of methoxy groups -OCH3 is 1. The second-order valence-electron chi connectivity index (χ2n) is 5.92. The van der Waals surface area contributed by atoms with E-state index in [0.717, 1.165) is 12.8 Å². The molecule has 2 saturated heterocycles. The largest absolute Gasteiger partial charge is 0.465 e. The third kappa shape index (κ3) is 3.75. The third-order valence-corrected chi connectivity index (χ3v) is 7.02. The Hall–Kier alpha value is -1.00. The van der Waals surface area contributed by atoms with Crippen molar-refractivity contribution >= 4 is 31.9 Å². The summed E-state index contributed by atoms with van der Waals surface area (Å²) in [5, 5.41) is 0. The Labute approximate surface area is 155 Å². The zero-order chi connectivity index (χ0) is 18.0. The summed E-state index contributed by atoms with van der Waals surface area (Å²) in [6, 6.07) is 4.01. The van der Waals surface area contributed by atoms with Crippen molar-refractivity contribution in [2.45, 2.75) is 36.5 Å². The van der Waals surface area contributed by atoms with Crippen molar-refractivity contribution in [1.29, 1.82) is 0 Å². The van der Waals surface area contributed by atoms with Crippen LogP contribution in [-0.4, -0.2) is 57.9 Å². The van der Waals surface area contributed by atoms with Gasteiger partial charge in [0.25, 0.3) is 0 Å². The molecule has 0 aromatic heterocycles. The zero-order valence-electron chi connectivity index (χ0n) is 13.8. The van der Waals surface area contributed by atoms with Gasteiger partial charge in [0.05, 0.1) is 36.8 Å². The van der Waals surface area contributed by atoms with E-state index in [4.69, 9.17) is 14.2 Å². The zero-order valence-corrected chi connectivity index (χ0v) is 16.2. The molecule has 9 heteroatoms. The van der Waals surface area contributed by atoms with Gasteiger partial charge in [-0.3, -0.25) is 0 Å². The van der Waals surface area contributed by atoms with Crippen LogP contribution in [0.4, 0.5) is 0 Å². The molecule has 0 radical (unpaired) electrons. The van der Waals surface area contributed by atoms with Crippen LogP contribution in [0.5, 0.6) is 0 Å². The van der Waals surface area contributed by atoms with Crippen molar-refractivity contribution in [2.75, 3.05) is 26.9 Å². The predicted molar refractivity (Wildman–Crippen MR) is 92.7 cm³/mol. The molecule has 7 nitrogen and oxygen atoms in total. The molecule has 0 spiro atoms. The summed E-state index contributed by atoms with van der Waals surface area (Å²) in [5.41, 5.74) is 0.172. The second kappa shape index (κ2) is 7.71. The number of halogens is 1. The van der Waals surface area contributed by atoms with E-state index >= 15 is 0 Å². The molecule has 138 valence electrons. The lowest BCUT2D eigenvalue weighted by atomic mass is 10.0. The highest BCUT2D eigenvalue weighted by molar-refractivity contribution is 9.10. The van der Waals surface area contributed by atoms with E-state index in [0.29, 0.717) is 30.7 Å². The van der Waals surface area contributed by atoms with E-state index in [1.165, 1.54) is 23.5 Å². The van der Waals surface area contributed by atoms with Crippen LogP contribution in [0.15, 0.2) is 27.6 Å². The molecule has 25 heavy (non-hydrogen) atoms. The van der Waals surface area contributed by atoms with Gasteiger partial charge in [0, 0.05) is 11.0 Å². The van der Waals surface area contributed by atoms with Crippen LogP contribution in [0, 0.1) is 0 Å². The van der Waals surface area contributed by atoms with Crippen molar-refractivity contribution in [3.05, 3.63) is 28.2 Å². The minimum absolute atomic E-state index is 0.0565. The first kappa shape index (κ1) is 18.8. The average Bonchev–Trinajstić information content (AvgIpc) is 3.16. The quantitative estimate of drug-likeness (QED) is 0.676. The number of rotatable bonds is 4. The molecule has 1 aromatic carbocycles. The highest BCUT2D eigenvalue weighted by Crippen LogP contribution is 2.31. The fraction of sp³-hybridized carbons (Fsp3) is 0.562. The Morgan fingerprint density at radius 2 is 2.00 bits per heavy atom. The van der Waals surface area contributed by atoms with E-state index < -0.39 is 22.3 Å². The first-order valence-electron chi connectivity index (χ1n) is 8.08. The highest BCUT2D eigenvalue weighted by Gasteiger charge is 2.40. The normalized spacial score (nSPS) is 22.9. The monoisotopic (exact) mass is 433 g/mol. The van der Waals surface area contributed by atoms with Gasteiger partial charge in [-0.2, -0.15) is 4.31 Å². The number of nitrogens with zero attached hydrogens (tertiary/aromatic N) is 1. The molecule has 0 saturated carbocycles. The summed E-state index contributed by atoms with van der Waals surface area (Å²) in [7, 11) is -2.53. The van der Waals surface area contributed by atoms with Crippen LogP contribution in [0.25, 0.3) is 0 Å². The van der Waals surface area contributed by atoms with Crippen molar-refractivity contribution in [3.63, 3.8) is 0 Å². The average molecular weight is 434 g/mol. The maximum atomic E-state index is 13.2. The summed E-state index contributed by atoms with van der Waals surface area (Å²) in [6.07, 6.45) is 1.85. The van der Waals surface area contributed by atoms with E-state index in [1.54, 1.807) is 6.07 Å². The van der Waals surface area contributed by atoms with E-state index in [1.807, 2.05) is 0 Å². The van der Waals surface area contributed by atoms with Crippen molar-refractivity contribution in [1.82, 2.24) is 4.31 Å². The van der Waals surface area contributed by atoms with E-state index in [-0.39, 0.29) is 16.5 Å². The SMILES string of the molecule is COC(=O)c1cc(S(=O)(=O)N2CCCCC2C2OCCO2)ccc1Br. The van der Waals surface area contributed by atoms with Gasteiger partial charge in [0.15, 0.2) is 6.29 Å². The number of esters is 1. The van der Waals surface area contributed by atoms with Crippen LogP contribution in [0.1, 0.15) is 29.6 Å². The van der Waals surface area contributed by atoms with Gasteiger partial charge in [-0.1, -0.05) is 6.42 Å². The molecule has 2 aliphatic heterocycles. The van der Waals surface area contributed by atoms with Crippen molar-refractivity contribution in [3.8, 4) is 0 Å². The number of carbonyl (C=O) groups is 1. The Morgan fingerprint density at radius 1 is 1.28 bits per heavy atom. The minimum atomic E-state index is -3.78. The molecule has 0 aliphatic carbocycles. The number of piperidine rings is 1. The minimum Gasteiger partial charge on any atom is -0.465 e. The Morgan fingerprint density at radius 3 is 2.68 bits per heavy atom. The van der Waals surface area contributed by atoms with Gasteiger partial charge in [0.2, 0.25) is 10.0 Å². The fourth-order valence-electron chi connectivity index (χ4n) is 3.17. The van der Waals surface area contributed by atoms with Crippen LogP contribution >= 0.6 is 15.9 Å². The van der Waals surface area contributed by atoms with Gasteiger partial charge in [-0.25, -0.2) is 13.2 Å². The molecule has 2 fully saturated rings. The van der Waals surface area contributed by atoms with E-state index in [2.05, 4.69) is 15.9 Å². The molecule has 3 rings (SSSR count). The lowest BCUT2D eigenvalue weighted by molar-refractivity contribution is -0.0913. The van der Waals surface area contributed by atoms with Gasteiger partial charge >= 0.3 is 5.97 Å². The van der Waals surface area contributed by atoms with Gasteiger partial charge < -0.3 is 14.2 Å². The predicted octanol–water partition coefficient (Wildman–Crippen LogP) is 2.15. The first-order chi connectivity index (χ1) is 11.9. The number of ether oxygens (including phenoxy) is 3. The number of benzene rings is 1. The molecule has 2 aliphatic rings. The Kier molecular flexibility index (Phi) is 5.79. The smallest absolute Gasteiger partial charge is 0.339 e. The maximum Gasteiger partial charge on any atom is 0.339 e. The van der Waals surface area contributed by atoms with Crippen LogP contribution < -0.4 is 0 Å². The van der Waals surface area contributed by atoms with Crippen molar-refractivity contribution < 1.29 is 27.4 Å². The Balaban J connectivity index is 1.95. The number of hydrogen-bond donors (Lipinski definition) is 0. The fourth-order valence-corrected chi connectivity index (χ4v) is 5.28. The second-order valence-corrected chi connectivity index (χ2v) is 8.67. The summed E-state index contributed by atoms with van der Waals surface area (Å²) in [5.74, 6) is -0.596. The summed E-state index contributed by atoms with van der Waals surface area (Å²) < 4.78 is 44.1.